The van der Waals surface area contributed by atoms with Crippen molar-refractivity contribution in [2.45, 2.75) is 19.8 Å². The largest absolute Gasteiger partial charge is 0.494 e. The Morgan fingerprint density at radius 2 is 2.29 bits per heavy atom. The molecule has 6 heteroatoms. The average Bonchev–Trinajstić information content (AvgIpc) is 2.87. The molecule has 0 aromatic heterocycles. The SMILES string of the molecule is CCOc1cccc(NC(=O)N2CCC(CC(=O)O)C2)c1. The van der Waals surface area contributed by atoms with Crippen LogP contribution in [-0.4, -0.2) is 41.7 Å². The number of rotatable bonds is 5. The first-order chi connectivity index (χ1) is 10.1. The molecule has 1 fully saturated rings. The third kappa shape index (κ3) is 4.37. The highest BCUT2D eigenvalue weighted by Crippen LogP contribution is 2.22. The number of hydrogen-bond acceptors (Lipinski definition) is 3. The van der Waals surface area contributed by atoms with Crippen LogP contribution >= 0.6 is 0 Å². The van der Waals surface area contributed by atoms with Gasteiger partial charge in [0.1, 0.15) is 5.75 Å². The second-order valence-corrected chi connectivity index (χ2v) is 5.09. The Morgan fingerprint density at radius 3 is 3.00 bits per heavy atom. The molecule has 0 spiro atoms. The van der Waals surface area contributed by atoms with Crippen LogP contribution in [0.3, 0.4) is 0 Å². The van der Waals surface area contributed by atoms with E-state index in [0.29, 0.717) is 31.1 Å². The van der Waals surface area contributed by atoms with Gasteiger partial charge < -0.3 is 20.1 Å². The van der Waals surface area contributed by atoms with Gasteiger partial charge in [0.25, 0.3) is 0 Å². The van der Waals surface area contributed by atoms with E-state index in [9.17, 15) is 9.59 Å². The smallest absolute Gasteiger partial charge is 0.321 e. The van der Waals surface area contributed by atoms with Gasteiger partial charge in [0.05, 0.1) is 6.61 Å². The van der Waals surface area contributed by atoms with Gasteiger partial charge in [0, 0.05) is 31.3 Å². The lowest BCUT2D eigenvalue weighted by molar-refractivity contribution is -0.138. The number of hydrogen-bond donors (Lipinski definition) is 2. The van der Waals surface area contributed by atoms with Gasteiger partial charge in [-0.15, -0.1) is 0 Å². The van der Waals surface area contributed by atoms with E-state index in [1.165, 1.54) is 0 Å². The number of likely N-dealkylation sites (tertiary alicyclic amines) is 1. The van der Waals surface area contributed by atoms with Gasteiger partial charge in [0.2, 0.25) is 0 Å². The van der Waals surface area contributed by atoms with Crippen LogP contribution in [0.4, 0.5) is 10.5 Å². The van der Waals surface area contributed by atoms with Crippen LogP contribution in [0.1, 0.15) is 19.8 Å². The fourth-order valence-corrected chi connectivity index (χ4v) is 2.46. The first-order valence-corrected chi connectivity index (χ1v) is 7.09. The molecule has 0 bridgehead atoms. The molecule has 1 aromatic rings. The number of ether oxygens (including phenoxy) is 1. The van der Waals surface area contributed by atoms with Gasteiger partial charge in [-0.2, -0.15) is 0 Å². The summed E-state index contributed by atoms with van der Waals surface area (Å²) < 4.78 is 5.38. The molecule has 0 radical (unpaired) electrons. The number of nitrogens with one attached hydrogen (secondary N) is 1. The van der Waals surface area contributed by atoms with E-state index in [2.05, 4.69) is 5.32 Å². The second kappa shape index (κ2) is 6.97. The third-order valence-electron chi connectivity index (χ3n) is 3.43. The summed E-state index contributed by atoms with van der Waals surface area (Å²) in [4.78, 5) is 24.5. The zero-order chi connectivity index (χ0) is 15.2. The van der Waals surface area contributed by atoms with Crippen molar-refractivity contribution >= 4 is 17.7 Å². The number of benzene rings is 1. The van der Waals surface area contributed by atoms with Gasteiger partial charge >= 0.3 is 12.0 Å². The molecular formula is C15H20N2O4. The molecule has 2 rings (SSSR count). The summed E-state index contributed by atoms with van der Waals surface area (Å²) in [5.41, 5.74) is 0.674. The molecule has 114 valence electrons. The van der Waals surface area contributed by atoms with Gasteiger partial charge in [-0.1, -0.05) is 6.07 Å². The molecule has 2 amide bonds. The molecule has 1 aromatic carbocycles. The summed E-state index contributed by atoms with van der Waals surface area (Å²) in [7, 11) is 0. The average molecular weight is 292 g/mol. The number of amides is 2. The summed E-state index contributed by atoms with van der Waals surface area (Å²) in [6, 6.07) is 7.02. The van der Waals surface area contributed by atoms with Crippen molar-refractivity contribution in [2.24, 2.45) is 5.92 Å². The van der Waals surface area contributed by atoms with E-state index in [0.717, 1.165) is 6.42 Å². The van der Waals surface area contributed by atoms with Gasteiger partial charge in [-0.05, 0) is 31.4 Å². The van der Waals surface area contributed by atoms with E-state index >= 15 is 0 Å². The van der Waals surface area contributed by atoms with Crippen molar-refractivity contribution in [3.8, 4) is 5.75 Å². The molecule has 1 atom stereocenters. The Bertz CT molecular complexity index is 518. The Hall–Kier alpha value is -2.24. The van der Waals surface area contributed by atoms with Crippen LogP contribution < -0.4 is 10.1 Å². The Kier molecular flexibility index (Phi) is 5.03. The van der Waals surface area contributed by atoms with E-state index in [1.54, 1.807) is 17.0 Å². The van der Waals surface area contributed by atoms with E-state index in [4.69, 9.17) is 9.84 Å². The van der Waals surface area contributed by atoms with E-state index in [1.807, 2.05) is 19.1 Å². The minimum atomic E-state index is -0.813. The van der Waals surface area contributed by atoms with Crippen molar-refractivity contribution in [3.63, 3.8) is 0 Å². The normalized spacial score (nSPS) is 17.6. The highest BCUT2D eigenvalue weighted by molar-refractivity contribution is 5.89. The molecule has 1 aliphatic rings. The number of carbonyl (C=O) groups is 2. The molecule has 0 saturated carbocycles. The van der Waals surface area contributed by atoms with Crippen molar-refractivity contribution in [1.29, 1.82) is 0 Å². The Morgan fingerprint density at radius 1 is 1.48 bits per heavy atom. The highest BCUT2D eigenvalue weighted by Gasteiger charge is 2.27. The summed E-state index contributed by atoms with van der Waals surface area (Å²) in [5, 5.41) is 11.6. The highest BCUT2D eigenvalue weighted by atomic mass is 16.5. The zero-order valence-electron chi connectivity index (χ0n) is 12.0. The predicted octanol–water partition coefficient (Wildman–Crippen LogP) is 2.41. The quantitative estimate of drug-likeness (QED) is 0.873. The molecule has 1 heterocycles. The monoisotopic (exact) mass is 292 g/mol. The number of carboxylic acids is 1. The maximum atomic E-state index is 12.1. The molecule has 1 unspecified atom stereocenters. The lowest BCUT2D eigenvalue weighted by atomic mass is 10.1. The van der Waals surface area contributed by atoms with E-state index in [-0.39, 0.29) is 18.4 Å². The number of aliphatic carboxylic acids is 1. The Balaban J connectivity index is 1.90. The number of urea groups is 1. The summed E-state index contributed by atoms with van der Waals surface area (Å²) >= 11 is 0. The molecule has 1 aliphatic heterocycles. The van der Waals surface area contributed by atoms with Crippen LogP contribution in [0, 0.1) is 5.92 Å². The van der Waals surface area contributed by atoms with Crippen molar-refractivity contribution in [1.82, 2.24) is 4.90 Å². The molecular weight excluding hydrogens is 272 g/mol. The van der Waals surface area contributed by atoms with Crippen LogP contribution in [0.2, 0.25) is 0 Å². The zero-order valence-corrected chi connectivity index (χ0v) is 12.0. The maximum Gasteiger partial charge on any atom is 0.321 e. The minimum absolute atomic E-state index is 0.0445. The van der Waals surface area contributed by atoms with Crippen LogP contribution in [0.25, 0.3) is 0 Å². The molecule has 6 nitrogen and oxygen atoms in total. The van der Waals surface area contributed by atoms with Crippen molar-refractivity contribution in [2.75, 3.05) is 25.0 Å². The first-order valence-electron chi connectivity index (χ1n) is 7.09. The topological polar surface area (TPSA) is 78.9 Å². The van der Waals surface area contributed by atoms with E-state index < -0.39 is 5.97 Å². The van der Waals surface area contributed by atoms with Crippen LogP contribution in [-0.2, 0) is 4.79 Å². The minimum Gasteiger partial charge on any atom is -0.494 e. The standard InChI is InChI=1S/C15H20N2O4/c1-2-21-13-5-3-4-12(9-13)16-15(20)17-7-6-11(10-17)8-14(18)19/h3-5,9,11H,2,6-8,10H2,1H3,(H,16,20)(H,18,19). The third-order valence-corrected chi connectivity index (χ3v) is 3.43. The lowest BCUT2D eigenvalue weighted by Gasteiger charge is -2.17. The summed E-state index contributed by atoms with van der Waals surface area (Å²) in [5.74, 6) is -0.0600. The van der Waals surface area contributed by atoms with Crippen molar-refractivity contribution < 1.29 is 19.4 Å². The number of carbonyl (C=O) groups excluding carboxylic acids is 1. The first kappa shape index (κ1) is 15.2. The molecule has 21 heavy (non-hydrogen) atoms. The molecule has 2 N–H and O–H groups in total. The summed E-state index contributed by atoms with van der Waals surface area (Å²) in [6.45, 7) is 3.55. The number of carboxylic acid groups (broad SMARTS) is 1. The molecule has 1 saturated heterocycles. The predicted molar refractivity (Wildman–Crippen MR) is 78.6 cm³/mol. The lowest BCUT2D eigenvalue weighted by Crippen LogP contribution is -2.33. The van der Waals surface area contributed by atoms with Gasteiger partial charge in [0.15, 0.2) is 0 Å². The van der Waals surface area contributed by atoms with Crippen LogP contribution in [0.15, 0.2) is 24.3 Å². The summed E-state index contributed by atoms with van der Waals surface area (Å²) in [6.07, 6.45) is 0.850. The van der Waals surface area contributed by atoms with Crippen molar-refractivity contribution in [3.05, 3.63) is 24.3 Å². The Labute approximate surface area is 123 Å². The fraction of sp³-hybridized carbons (Fsp3) is 0.467. The second-order valence-electron chi connectivity index (χ2n) is 5.09. The fourth-order valence-electron chi connectivity index (χ4n) is 2.46. The molecule has 0 aliphatic carbocycles. The van der Waals surface area contributed by atoms with Gasteiger partial charge in [-0.3, -0.25) is 4.79 Å². The van der Waals surface area contributed by atoms with Gasteiger partial charge in [-0.25, -0.2) is 4.79 Å². The number of anilines is 1. The van der Waals surface area contributed by atoms with Crippen LogP contribution in [0.5, 0.6) is 5.75 Å². The number of nitrogens with zero attached hydrogens (tertiary/aromatic N) is 1. The maximum absolute atomic E-state index is 12.1.